The number of benzene rings is 2. The maximum Gasteiger partial charge on any atom is 0.273 e. The van der Waals surface area contributed by atoms with Crippen LogP contribution in [0.25, 0.3) is 11.3 Å². The average molecular weight is 407 g/mol. The first-order chi connectivity index (χ1) is 14.5. The third-order valence-electron chi connectivity index (χ3n) is 5.26. The van der Waals surface area contributed by atoms with E-state index in [1.807, 2.05) is 50.2 Å². The lowest BCUT2D eigenvalue weighted by molar-refractivity contribution is 0.0706. The first kappa shape index (κ1) is 20.0. The standard InChI is InChI=1S/C23H25N3O4/c1-3-11-30-16-6-4-5-15(13-16)22-19-20(17-12-14(2)7-8-18(17)28)24-25-21(19)23(29)26(22)9-10-27/h4-8,12-13,22,27-28H,3,9-11H2,1-2H3,(H,24,25)/t22-/m1/s1. The van der Waals surface area contributed by atoms with Crippen LogP contribution >= 0.6 is 0 Å². The van der Waals surface area contributed by atoms with Gasteiger partial charge in [0.25, 0.3) is 5.91 Å². The monoisotopic (exact) mass is 407 g/mol. The van der Waals surface area contributed by atoms with Gasteiger partial charge in [-0.15, -0.1) is 0 Å². The fourth-order valence-electron chi connectivity index (χ4n) is 3.92. The molecule has 1 amide bonds. The zero-order chi connectivity index (χ0) is 21.3. The molecule has 1 aromatic heterocycles. The lowest BCUT2D eigenvalue weighted by atomic mass is 9.95. The molecule has 7 nitrogen and oxygen atoms in total. The fourth-order valence-corrected chi connectivity index (χ4v) is 3.92. The summed E-state index contributed by atoms with van der Waals surface area (Å²) in [6.45, 7) is 4.61. The summed E-state index contributed by atoms with van der Waals surface area (Å²) in [6, 6.07) is 12.5. The smallest absolute Gasteiger partial charge is 0.273 e. The van der Waals surface area contributed by atoms with Crippen molar-refractivity contribution in [1.82, 2.24) is 15.1 Å². The van der Waals surface area contributed by atoms with Crippen molar-refractivity contribution in [2.45, 2.75) is 26.3 Å². The highest BCUT2D eigenvalue weighted by Gasteiger charge is 2.42. The predicted octanol–water partition coefficient (Wildman–Crippen LogP) is 3.42. The minimum Gasteiger partial charge on any atom is -0.507 e. The highest BCUT2D eigenvalue weighted by molar-refractivity contribution is 6.00. The number of H-pyrrole nitrogens is 1. The molecule has 0 saturated carbocycles. The summed E-state index contributed by atoms with van der Waals surface area (Å²) in [6.07, 6.45) is 0.894. The van der Waals surface area contributed by atoms with Crippen LogP contribution in [-0.2, 0) is 0 Å². The molecule has 3 aromatic rings. The molecule has 1 aliphatic heterocycles. The molecule has 0 unspecified atom stereocenters. The van der Waals surface area contributed by atoms with Crippen molar-refractivity contribution in [2.24, 2.45) is 0 Å². The van der Waals surface area contributed by atoms with Gasteiger partial charge in [0.05, 0.1) is 19.3 Å². The Balaban J connectivity index is 1.86. The molecule has 1 aliphatic rings. The molecule has 4 rings (SSSR count). The number of nitrogens with zero attached hydrogens (tertiary/aromatic N) is 2. The second kappa shape index (κ2) is 8.20. The number of aliphatic hydroxyl groups is 1. The van der Waals surface area contributed by atoms with Gasteiger partial charge in [0.1, 0.15) is 22.9 Å². The van der Waals surface area contributed by atoms with Crippen LogP contribution in [0.3, 0.4) is 0 Å². The average Bonchev–Trinajstić information content (AvgIpc) is 3.28. The maximum atomic E-state index is 13.1. The molecule has 30 heavy (non-hydrogen) atoms. The molecule has 0 saturated heterocycles. The Morgan fingerprint density at radius 2 is 2.07 bits per heavy atom. The summed E-state index contributed by atoms with van der Waals surface area (Å²) >= 11 is 0. The van der Waals surface area contributed by atoms with Crippen molar-refractivity contribution in [3.8, 4) is 22.8 Å². The van der Waals surface area contributed by atoms with Crippen molar-refractivity contribution in [3.05, 3.63) is 64.8 Å². The topological polar surface area (TPSA) is 98.7 Å². The quantitative estimate of drug-likeness (QED) is 0.557. The van der Waals surface area contributed by atoms with E-state index in [2.05, 4.69) is 10.2 Å². The fraction of sp³-hybridized carbons (Fsp3) is 0.304. The number of amides is 1. The molecule has 0 aliphatic carbocycles. The molecule has 2 aromatic carbocycles. The lowest BCUT2D eigenvalue weighted by Crippen LogP contribution is -2.32. The van der Waals surface area contributed by atoms with Gasteiger partial charge in [-0.2, -0.15) is 5.10 Å². The van der Waals surface area contributed by atoms with Gasteiger partial charge in [0.2, 0.25) is 0 Å². The van der Waals surface area contributed by atoms with Crippen LogP contribution in [-0.4, -0.2) is 51.0 Å². The van der Waals surface area contributed by atoms with E-state index in [1.54, 1.807) is 11.0 Å². The zero-order valence-corrected chi connectivity index (χ0v) is 17.1. The van der Waals surface area contributed by atoms with Crippen LogP contribution in [0.2, 0.25) is 0 Å². The van der Waals surface area contributed by atoms with E-state index in [9.17, 15) is 15.0 Å². The third kappa shape index (κ3) is 3.41. The van der Waals surface area contributed by atoms with Crippen molar-refractivity contribution < 1.29 is 19.7 Å². The highest BCUT2D eigenvalue weighted by Crippen LogP contribution is 2.44. The molecule has 2 heterocycles. The maximum absolute atomic E-state index is 13.1. The molecule has 0 bridgehead atoms. The molecular weight excluding hydrogens is 382 g/mol. The van der Waals surface area contributed by atoms with Gasteiger partial charge in [-0.1, -0.05) is 30.7 Å². The second-order valence-corrected chi connectivity index (χ2v) is 7.43. The van der Waals surface area contributed by atoms with Crippen molar-refractivity contribution in [3.63, 3.8) is 0 Å². The minimum atomic E-state index is -0.446. The van der Waals surface area contributed by atoms with Gasteiger partial charge in [0, 0.05) is 17.7 Å². The number of phenols is 1. The van der Waals surface area contributed by atoms with E-state index < -0.39 is 6.04 Å². The van der Waals surface area contributed by atoms with Crippen LogP contribution in [0.1, 0.15) is 46.6 Å². The second-order valence-electron chi connectivity index (χ2n) is 7.43. The Kier molecular flexibility index (Phi) is 5.46. The minimum absolute atomic E-state index is 0.0988. The van der Waals surface area contributed by atoms with Crippen molar-refractivity contribution in [1.29, 1.82) is 0 Å². The summed E-state index contributed by atoms with van der Waals surface area (Å²) < 4.78 is 5.78. The normalized spacial score (nSPS) is 15.5. The summed E-state index contributed by atoms with van der Waals surface area (Å²) in [5.41, 5.74) is 4.01. The number of carbonyl (C=O) groups is 1. The third-order valence-corrected chi connectivity index (χ3v) is 5.26. The SMILES string of the molecule is CCCOc1cccc([C@@H]2c3c(-c4cc(C)ccc4O)n[nH]c3C(=O)N2CCO)c1. The first-order valence-corrected chi connectivity index (χ1v) is 10.1. The van der Waals surface area contributed by atoms with E-state index in [1.165, 1.54) is 0 Å². The zero-order valence-electron chi connectivity index (χ0n) is 17.1. The van der Waals surface area contributed by atoms with Gasteiger partial charge in [-0.3, -0.25) is 9.89 Å². The number of aromatic hydroxyl groups is 1. The van der Waals surface area contributed by atoms with Gasteiger partial charge in [-0.05, 0) is 43.2 Å². The van der Waals surface area contributed by atoms with Crippen LogP contribution in [0.4, 0.5) is 0 Å². The highest BCUT2D eigenvalue weighted by atomic mass is 16.5. The van der Waals surface area contributed by atoms with Crippen LogP contribution < -0.4 is 4.74 Å². The lowest BCUT2D eigenvalue weighted by Gasteiger charge is -2.26. The van der Waals surface area contributed by atoms with Crippen molar-refractivity contribution in [2.75, 3.05) is 19.8 Å². The van der Waals surface area contributed by atoms with Crippen LogP contribution in [0, 0.1) is 6.92 Å². The van der Waals surface area contributed by atoms with Crippen LogP contribution in [0.5, 0.6) is 11.5 Å². The number of carbonyl (C=O) groups excluding carboxylic acids is 1. The van der Waals surface area contributed by atoms with Gasteiger partial charge in [-0.25, -0.2) is 0 Å². The van der Waals surface area contributed by atoms with E-state index in [0.717, 1.165) is 23.3 Å². The number of hydrogen-bond acceptors (Lipinski definition) is 5. The first-order valence-electron chi connectivity index (χ1n) is 10.1. The van der Waals surface area contributed by atoms with E-state index in [4.69, 9.17) is 4.74 Å². The Hall–Kier alpha value is -3.32. The van der Waals surface area contributed by atoms with Gasteiger partial charge in [0.15, 0.2) is 0 Å². The number of β-amino-alcohol motifs (C(OH)–C–C–N with tert-alkyl or cyclic N) is 1. The number of aryl methyl sites for hydroxylation is 1. The van der Waals surface area contributed by atoms with Gasteiger partial charge >= 0.3 is 0 Å². The number of ether oxygens (including phenoxy) is 1. The molecule has 0 fully saturated rings. The Labute approximate surface area is 174 Å². The largest absolute Gasteiger partial charge is 0.507 e. The van der Waals surface area contributed by atoms with E-state index in [-0.39, 0.29) is 24.8 Å². The number of aromatic amines is 1. The summed E-state index contributed by atoms with van der Waals surface area (Å²) in [5.74, 6) is 0.596. The number of fused-ring (bicyclic) bond motifs is 1. The summed E-state index contributed by atoms with van der Waals surface area (Å²) in [4.78, 5) is 14.7. The number of rotatable bonds is 7. The molecule has 7 heteroatoms. The Bertz CT molecular complexity index is 1080. The number of hydrogen-bond donors (Lipinski definition) is 3. The van der Waals surface area contributed by atoms with Crippen LogP contribution in [0.15, 0.2) is 42.5 Å². The number of phenolic OH excluding ortho intramolecular Hbond substituents is 1. The molecule has 0 radical (unpaired) electrons. The molecule has 156 valence electrons. The molecule has 3 N–H and O–H groups in total. The number of aliphatic hydroxyl groups excluding tert-OH is 1. The van der Waals surface area contributed by atoms with Crippen molar-refractivity contribution >= 4 is 5.91 Å². The molecule has 1 atom stereocenters. The van der Waals surface area contributed by atoms with Gasteiger partial charge < -0.3 is 19.8 Å². The molecule has 0 spiro atoms. The van der Waals surface area contributed by atoms with E-state index >= 15 is 0 Å². The molecular formula is C23H25N3O4. The Morgan fingerprint density at radius 3 is 2.83 bits per heavy atom. The number of nitrogens with one attached hydrogen (secondary N) is 1. The Morgan fingerprint density at radius 1 is 1.23 bits per heavy atom. The van der Waals surface area contributed by atoms with E-state index in [0.29, 0.717) is 29.1 Å². The summed E-state index contributed by atoms with van der Waals surface area (Å²) in [5, 5.41) is 27.3. The number of aromatic nitrogens is 2. The predicted molar refractivity (Wildman–Crippen MR) is 113 cm³/mol. The summed E-state index contributed by atoms with van der Waals surface area (Å²) in [7, 11) is 0.